The topological polar surface area (TPSA) is 32.7 Å². The molecule has 1 heterocycles. The minimum atomic E-state index is -2.34. The Morgan fingerprint density at radius 2 is 1.89 bits per heavy atom. The summed E-state index contributed by atoms with van der Waals surface area (Å²) < 4.78 is 12.8. The van der Waals surface area contributed by atoms with Crippen molar-refractivity contribution in [1.82, 2.24) is 4.90 Å². The maximum absolute atomic E-state index is 12.8. The summed E-state index contributed by atoms with van der Waals surface area (Å²) in [6.45, 7) is 11.0. The zero-order valence-corrected chi connectivity index (χ0v) is 13.6. The van der Waals surface area contributed by atoms with Crippen molar-refractivity contribution in [2.45, 2.75) is 32.7 Å². The number of benzene rings is 1. The standard InChI is InChI=1S/C15H23N2OP/c1-15(2,3)12-7-8-13-11(9-17(4)10-16-13)14(12)19(5,6)18/h7-8,10H,9H2,1-6H3. The van der Waals surface area contributed by atoms with Crippen LogP contribution in [0.15, 0.2) is 17.1 Å². The normalized spacial score (nSPS) is 15.6. The van der Waals surface area contributed by atoms with Gasteiger partial charge < -0.3 is 9.46 Å². The highest BCUT2D eigenvalue weighted by Crippen LogP contribution is 2.43. The molecule has 0 radical (unpaired) electrons. The van der Waals surface area contributed by atoms with Crippen LogP contribution in [-0.2, 0) is 16.5 Å². The van der Waals surface area contributed by atoms with E-state index < -0.39 is 7.14 Å². The molecular weight excluding hydrogens is 255 g/mol. The summed E-state index contributed by atoms with van der Waals surface area (Å²) in [5, 5.41) is 1.03. The lowest BCUT2D eigenvalue weighted by Gasteiger charge is -2.30. The van der Waals surface area contributed by atoms with Gasteiger partial charge in [-0.3, -0.25) is 0 Å². The Morgan fingerprint density at radius 3 is 2.42 bits per heavy atom. The first-order valence-corrected chi connectivity index (χ1v) is 9.17. The fourth-order valence-electron chi connectivity index (χ4n) is 2.57. The Morgan fingerprint density at radius 1 is 1.26 bits per heavy atom. The molecule has 4 heteroatoms. The second-order valence-corrected chi connectivity index (χ2v) is 9.87. The molecule has 104 valence electrons. The van der Waals surface area contributed by atoms with Gasteiger partial charge in [0.1, 0.15) is 7.14 Å². The average molecular weight is 278 g/mol. The fourth-order valence-corrected chi connectivity index (χ4v) is 4.40. The van der Waals surface area contributed by atoms with Crippen molar-refractivity contribution in [2.24, 2.45) is 4.99 Å². The summed E-state index contributed by atoms with van der Waals surface area (Å²) in [4.78, 5) is 6.49. The Labute approximate surface area is 116 Å². The van der Waals surface area contributed by atoms with Crippen LogP contribution in [0, 0.1) is 0 Å². The van der Waals surface area contributed by atoms with Crippen molar-refractivity contribution in [3.05, 3.63) is 23.3 Å². The molecule has 1 aromatic carbocycles. The van der Waals surface area contributed by atoms with Crippen molar-refractivity contribution in [3.8, 4) is 0 Å². The van der Waals surface area contributed by atoms with E-state index in [1.54, 1.807) is 0 Å². The van der Waals surface area contributed by atoms with E-state index in [0.29, 0.717) is 0 Å². The van der Waals surface area contributed by atoms with Gasteiger partial charge in [0.05, 0.1) is 12.0 Å². The van der Waals surface area contributed by atoms with Crippen molar-refractivity contribution in [1.29, 1.82) is 0 Å². The van der Waals surface area contributed by atoms with Crippen molar-refractivity contribution in [3.63, 3.8) is 0 Å². The van der Waals surface area contributed by atoms with E-state index in [0.717, 1.165) is 23.1 Å². The van der Waals surface area contributed by atoms with Gasteiger partial charge in [0.15, 0.2) is 0 Å². The molecule has 0 fully saturated rings. The van der Waals surface area contributed by atoms with E-state index in [2.05, 4.69) is 37.9 Å². The van der Waals surface area contributed by atoms with Gasteiger partial charge in [0, 0.05) is 24.5 Å². The smallest absolute Gasteiger partial charge is 0.110 e. The van der Waals surface area contributed by atoms with Gasteiger partial charge >= 0.3 is 0 Å². The summed E-state index contributed by atoms with van der Waals surface area (Å²) in [5.41, 5.74) is 3.27. The lowest BCUT2D eigenvalue weighted by molar-refractivity contribution is 0.508. The number of rotatable bonds is 1. The summed E-state index contributed by atoms with van der Waals surface area (Å²) >= 11 is 0. The molecule has 3 nitrogen and oxygen atoms in total. The summed E-state index contributed by atoms with van der Waals surface area (Å²) in [5.74, 6) is 0. The summed E-state index contributed by atoms with van der Waals surface area (Å²) in [7, 11) is -0.343. The predicted octanol–water partition coefficient (Wildman–Crippen LogP) is 3.34. The second-order valence-electron chi connectivity index (χ2n) is 6.72. The van der Waals surface area contributed by atoms with Gasteiger partial charge in [-0.1, -0.05) is 26.8 Å². The second kappa shape index (κ2) is 4.49. The first-order chi connectivity index (χ1) is 8.60. The van der Waals surface area contributed by atoms with Crippen LogP contribution in [0.5, 0.6) is 0 Å². The average Bonchev–Trinajstić information content (AvgIpc) is 2.24. The lowest BCUT2D eigenvalue weighted by Crippen LogP contribution is -2.30. The molecule has 0 saturated heterocycles. The van der Waals surface area contributed by atoms with Crippen LogP contribution < -0.4 is 5.30 Å². The number of nitrogens with zero attached hydrogens (tertiary/aromatic N) is 2. The van der Waals surface area contributed by atoms with Crippen LogP contribution >= 0.6 is 7.14 Å². The van der Waals surface area contributed by atoms with Gasteiger partial charge in [0.25, 0.3) is 0 Å². The molecule has 0 N–H and O–H groups in total. The third-order valence-corrected chi connectivity index (χ3v) is 4.99. The molecule has 0 spiro atoms. The van der Waals surface area contributed by atoms with Gasteiger partial charge in [0.2, 0.25) is 0 Å². The maximum atomic E-state index is 12.8. The molecule has 0 aliphatic carbocycles. The SMILES string of the molecule is CN1C=Nc2ccc(C(C)(C)C)c(P(C)(C)=O)c2C1. The summed E-state index contributed by atoms with van der Waals surface area (Å²) in [6.07, 6.45) is 1.83. The van der Waals surface area contributed by atoms with Crippen LogP contribution in [0.25, 0.3) is 0 Å². The molecule has 0 bridgehead atoms. The van der Waals surface area contributed by atoms with E-state index in [1.165, 1.54) is 5.56 Å². The van der Waals surface area contributed by atoms with Crippen LogP contribution in [0.1, 0.15) is 31.9 Å². The van der Waals surface area contributed by atoms with E-state index in [-0.39, 0.29) is 5.41 Å². The van der Waals surface area contributed by atoms with E-state index in [9.17, 15) is 4.57 Å². The highest BCUT2D eigenvalue weighted by molar-refractivity contribution is 7.70. The van der Waals surface area contributed by atoms with Gasteiger partial charge in [-0.15, -0.1) is 0 Å². The molecule has 0 amide bonds. The molecule has 0 saturated carbocycles. The van der Waals surface area contributed by atoms with Gasteiger partial charge in [-0.25, -0.2) is 4.99 Å². The fraction of sp³-hybridized carbons (Fsp3) is 0.533. The zero-order valence-electron chi connectivity index (χ0n) is 12.7. The Hall–Kier alpha value is -1.08. The van der Waals surface area contributed by atoms with Crippen molar-refractivity contribution in [2.75, 3.05) is 20.4 Å². The molecule has 19 heavy (non-hydrogen) atoms. The van der Waals surface area contributed by atoms with Crippen LogP contribution in [0.4, 0.5) is 5.69 Å². The van der Waals surface area contributed by atoms with Crippen LogP contribution in [0.2, 0.25) is 0 Å². The van der Waals surface area contributed by atoms with Crippen LogP contribution in [0.3, 0.4) is 0 Å². The first-order valence-electron chi connectivity index (χ1n) is 6.57. The van der Waals surface area contributed by atoms with Gasteiger partial charge in [-0.05, 0) is 30.4 Å². The first kappa shape index (κ1) is 14.3. The Balaban J connectivity index is 2.78. The highest BCUT2D eigenvalue weighted by Gasteiger charge is 2.29. The quantitative estimate of drug-likeness (QED) is 0.738. The minimum absolute atomic E-state index is 0.00816. The molecule has 1 aliphatic rings. The minimum Gasteiger partial charge on any atom is -0.361 e. The number of aliphatic imine (C=N–C) groups is 1. The Bertz CT molecular complexity index is 579. The number of hydrogen-bond donors (Lipinski definition) is 0. The molecule has 1 aliphatic heterocycles. The highest BCUT2D eigenvalue weighted by atomic mass is 31.2. The van der Waals surface area contributed by atoms with E-state index in [4.69, 9.17) is 0 Å². The predicted molar refractivity (Wildman–Crippen MR) is 83.8 cm³/mol. The van der Waals surface area contributed by atoms with Crippen molar-refractivity contribution >= 4 is 24.5 Å². The monoisotopic (exact) mass is 278 g/mol. The summed E-state index contributed by atoms with van der Waals surface area (Å²) in [6, 6.07) is 4.15. The van der Waals surface area contributed by atoms with E-state index in [1.807, 2.05) is 31.6 Å². The van der Waals surface area contributed by atoms with E-state index >= 15 is 0 Å². The van der Waals surface area contributed by atoms with Crippen molar-refractivity contribution < 1.29 is 4.57 Å². The molecular formula is C15H23N2OP. The van der Waals surface area contributed by atoms with Gasteiger partial charge in [-0.2, -0.15) is 0 Å². The zero-order chi connectivity index (χ0) is 14.4. The maximum Gasteiger partial charge on any atom is 0.110 e. The largest absolute Gasteiger partial charge is 0.361 e. The van der Waals surface area contributed by atoms with Crippen LogP contribution in [-0.4, -0.2) is 31.6 Å². The lowest BCUT2D eigenvalue weighted by atomic mass is 9.85. The third-order valence-electron chi connectivity index (χ3n) is 3.41. The number of fused-ring (bicyclic) bond motifs is 1. The molecule has 0 unspecified atom stereocenters. The molecule has 1 aromatic rings. The third kappa shape index (κ3) is 2.76. The molecule has 2 rings (SSSR count). The molecule has 0 atom stereocenters. The number of hydrogen-bond acceptors (Lipinski definition) is 3. The molecule has 0 aromatic heterocycles. The Kier molecular flexibility index (Phi) is 3.38.